The molecule has 2 aromatic carbocycles. The second-order valence-corrected chi connectivity index (χ2v) is 6.18. The number of benzene rings is 2. The fourth-order valence-electron chi connectivity index (χ4n) is 1.67. The van der Waals surface area contributed by atoms with Crippen molar-refractivity contribution in [3.05, 3.63) is 44.4 Å². The van der Waals surface area contributed by atoms with E-state index in [9.17, 15) is 14.7 Å². The Morgan fingerprint density at radius 1 is 0.792 bits per heavy atom. The third-order valence-corrected chi connectivity index (χ3v) is 4.02. The predicted octanol–water partition coefficient (Wildman–Crippen LogP) is 4.17. The molecule has 2 rings (SSSR count). The van der Waals surface area contributed by atoms with Crippen LogP contribution in [0.2, 0.25) is 20.1 Å². The van der Waals surface area contributed by atoms with Crippen molar-refractivity contribution in [2.75, 3.05) is 16.4 Å². The summed E-state index contributed by atoms with van der Waals surface area (Å²) in [6.45, 7) is 0. The van der Waals surface area contributed by atoms with Gasteiger partial charge in [-0.1, -0.05) is 46.4 Å². The van der Waals surface area contributed by atoms with Crippen LogP contribution >= 0.6 is 46.4 Å². The van der Waals surface area contributed by atoms with Gasteiger partial charge in [0.2, 0.25) is 0 Å². The van der Waals surface area contributed by atoms with Gasteiger partial charge in [-0.25, -0.2) is 0 Å². The van der Waals surface area contributed by atoms with E-state index in [2.05, 4.69) is 10.6 Å². The number of nitrogen functional groups attached to an aromatic ring is 1. The van der Waals surface area contributed by atoms with Crippen LogP contribution in [0.1, 0.15) is 0 Å². The number of hydrogen-bond donors (Lipinski definition) is 4. The number of hydrogen-bond acceptors (Lipinski definition) is 4. The van der Waals surface area contributed by atoms with Crippen LogP contribution in [0.4, 0.5) is 17.1 Å². The Balaban J connectivity index is 2.12. The molecule has 6 nitrogen and oxygen atoms in total. The zero-order valence-corrected chi connectivity index (χ0v) is 14.7. The van der Waals surface area contributed by atoms with Gasteiger partial charge in [0.25, 0.3) is 0 Å². The zero-order valence-electron chi connectivity index (χ0n) is 11.7. The van der Waals surface area contributed by atoms with Crippen molar-refractivity contribution in [2.24, 2.45) is 0 Å². The lowest BCUT2D eigenvalue weighted by Gasteiger charge is -2.10. The summed E-state index contributed by atoms with van der Waals surface area (Å²) in [7, 11) is 0. The van der Waals surface area contributed by atoms with Crippen molar-refractivity contribution in [1.29, 1.82) is 0 Å². The summed E-state index contributed by atoms with van der Waals surface area (Å²) in [6.07, 6.45) is 0. The number of carbonyl (C=O) groups is 2. The van der Waals surface area contributed by atoms with E-state index in [1.807, 2.05) is 0 Å². The van der Waals surface area contributed by atoms with Gasteiger partial charge in [0.1, 0.15) is 0 Å². The lowest BCUT2D eigenvalue weighted by atomic mass is 10.2. The predicted molar refractivity (Wildman–Crippen MR) is 96.3 cm³/mol. The average molecular weight is 409 g/mol. The number of phenols is 1. The first kappa shape index (κ1) is 18.5. The summed E-state index contributed by atoms with van der Waals surface area (Å²) < 4.78 is 0. The van der Waals surface area contributed by atoms with Crippen molar-refractivity contribution in [3.8, 4) is 5.75 Å². The summed E-state index contributed by atoms with van der Waals surface area (Å²) in [6, 6.07) is 5.18. The molecule has 0 aliphatic rings. The smallest absolute Gasteiger partial charge is 0.314 e. The maximum atomic E-state index is 11.9. The van der Waals surface area contributed by atoms with E-state index in [0.717, 1.165) is 0 Å². The van der Waals surface area contributed by atoms with Gasteiger partial charge in [-0.2, -0.15) is 0 Å². The molecular weight excluding hydrogens is 400 g/mol. The highest BCUT2D eigenvalue weighted by molar-refractivity contribution is 6.45. The molecule has 0 bridgehead atoms. The topological polar surface area (TPSA) is 104 Å². The first-order valence-electron chi connectivity index (χ1n) is 6.24. The number of phenolic OH excluding ortho intramolecular Hbond substituents is 1. The standard InChI is InChI=1S/C14H9Cl4N3O3/c15-7-1-5(2-8(16)11(7)19)20-13(23)14(24)21-6-3-9(17)12(22)10(18)4-6/h1-4,22H,19H2,(H,20,23)(H,21,24). The van der Waals surface area contributed by atoms with Crippen molar-refractivity contribution in [3.63, 3.8) is 0 Å². The number of carbonyl (C=O) groups excluding carboxylic acids is 2. The molecule has 0 aliphatic heterocycles. The lowest BCUT2D eigenvalue weighted by molar-refractivity contribution is -0.132. The van der Waals surface area contributed by atoms with Crippen LogP contribution < -0.4 is 16.4 Å². The Kier molecular flexibility index (Phi) is 5.66. The highest BCUT2D eigenvalue weighted by atomic mass is 35.5. The Morgan fingerprint density at radius 2 is 1.12 bits per heavy atom. The lowest BCUT2D eigenvalue weighted by Crippen LogP contribution is -2.29. The Hall–Kier alpha value is -1.86. The van der Waals surface area contributed by atoms with Crippen LogP contribution in [0.5, 0.6) is 5.75 Å². The molecule has 5 N–H and O–H groups in total. The van der Waals surface area contributed by atoms with E-state index in [1.165, 1.54) is 24.3 Å². The molecule has 0 radical (unpaired) electrons. The van der Waals surface area contributed by atoms with Crippen LogP contribution in [-0.4, -0.2) is 16.9 Å². The molecule has 2 aromatic rings. The molecule has 0 fully saturated rings. The van der Waals surface area contributed by atoms with Gasteiger partial charge in [0.15, 0.2) is 5.75 Å². The highest BCUT2D eigenvalue weighted by Gasteiger charge is 2.17. The molecule has 10 heteroatoms. The Labute approximate surface area is 156 Å². The summed E-state index contributed by atoms with van der Waals surface area (Å²) in [4.78, 5) is 23.8. The number of rotatable bonds is 2. The number of amides is 2. The Bertz CT molecular complexity index is 726. The third kappa shape index (κ3) is 4.15. The van der Waals surface area contributed by atoms with Gasteiger partial charge in [-0.15, -0.1) is 0 Å². The molecule has 126 valence electrons. The van der Waals surface area contributed by atoms with Crippen LogP contribution in [0.3, 0.4) is 0 Å². The first-order chi connectivity index (χ1) is 11.2. The number of nitrogens with two attached hydrogens (primary N) is 1. The van der Waals surface area contributed by atoms with Crippen LogP contribution in [0.15, 0.2) is 24.3 Å². The van der Waals surface area contributed by atoms with Crippen LogP contribution in [-0.2, 0) is 9.59 Å². The fraction of sp³-hybridized carbons (Fsp3) is 0. The monoisotopic (exact) mass is 407 g/mol. The van der Waals surface area contributed by atoms with Gasteiger partial charge < -0.3 is 21.5 Å². The minimum absolute atomic E-state index is 0.0738. The second-order valence-electron chi connectivity index (χ2n) is 4.55. The maximum absolute atomic E-state index is 11.9. The van der Waals surface area contributed by atoms with Crippen molar-refractivity contribution < 1.29 is 14.7 Å². The summed E-state index contributed by atoms with van der Waals surface area (Å²) in [5.74, 6) is -2.30. The van der Waals surface area contributed by atoms with E-state index in [4.69, 9.17) is 52.1 Å². The van der Waals surface area contributed by atoms with Crippen LogP contribution in [0.25, 0.3) is 0 Å². The van der Waals surface area contributed by atoms with Gasteiger partial charge in [-0.05, 0) is 24.3 Å². The molecule has 0 aromatic heterocycles. The molecular formula is C14H9Cl4N3O3. The molecule has 2 amide bonds. The molecule has 24 heavy (non-hydrogen) atoms. The summed E-state index contributed by atoms with van der Waals surface area (Å²) in [5.41, 5.74) is 6.07. The largest absolute Gasteiger partial charge is 0.505 e. The molecule has 0 saturated carbocycles. The normalized spacial score (nSPS) is 10.3. The minimum atomic E-state index is -0.989. The molecule has 0 spiro atoms. The molecule has 0 saturated heterocycles. The third-order valence-electron chi connectivity index (χ3n) is 2.82. The van der Waals surface area contributed by atoms with E-state index < -0.39 is 11.8 Å². The van der Waals surface area contributed by atoms with Gasteiger partial charge in [-0.3, -0.25) is 9.59 Å². The number of anilines is 3. The second kappa shape index (κ2) is 7.36. The minimum Gasteiger partial charge on any atom is -0.505 e. The fourth-order valence-corrected chi connectivity index (χ4v) is 2.64. The van der Waals surface area contributed by atoms with Gasteiger partial charge >= 0.3 is 11.8 Å². The van der Waals surface area contributed by atoms with E-state index in [0.29, 0.717) is 0 Å². The van der Waals surface area contributed by atoms with Gasteiger partial charge in [0, 0.05) is 11.4 Å². The maximum Gasteiger partial charge on any atom is 0.314 e. The SMILES string of the molecule is Nc1c(Cl)cc(NC(=O)C(=O)Nc2cc(Cl)c(O)c(Cl)c2)cc1Cl. The Morgan fingerprint density at radius 3 is 1.50 bits per heavy atom. The average Bonchev–Trinajstić information content (AvgIpc) is 2.50. The molecule has 0 aliphatic carbocycles. The first-order valence-corrected chi connectivity index (χ1v) is 7.75. The summed E-state index contributed by atoms with van der Waals surface area (Å²) in [5, 5.41) is 14.2. The molecule has 0 heterocycles. The van der Waals surface area contributed by atoms with Crippen molar-refractivity contribution in [1.82, 2.24) is 0 Å². The van der Waals surface area contributed by atoms with E-state index in [1.54, 1.807) is 0 Å². The quantitative estimate of drug-likeness (QED) is 0.340. The number of halogens is 4. The van der Waals surface area contributed by atoms with E-state index in [-0.39, 0.29) is 42.9 Å². The highest BCUT2D eigenvalue weighted by Crippen LogP contribution is 2.34. The van der Waals surface area contributed by atoms with Crippen molar-refractivity contribution >= 4 is 75.3 Å². The summed E-state index contributed by atoms with van der Waals surface area (Å²) >= 11 is 23.2. The van der Waals surface area contributed by atoms with Gasteiger partial charge in [0.05, 0.1) is 25.8 Å². The van der Waals surface area contributed by atoms with E-state index >= 15 is 0 Å². The number of nitrogens with one attached hydrogen (secondary N) is 2. The van der Waals surface area contributed by atoms with Crippen LogP contribution in [0, 0.1) is 0 Å². The zero-order chi connectivity index (χ0) is 18.0. The van der Waals surface area contributed by atoms with Crippen molar-refractivity contribution in [2.45, 2.75) is 0 Å². The molecule has 0 unspecified atom stereocenters. The molecule has 0 atom stereocenters. The number of aromatic hydroxyl groups is 1.